The van der Waals surface area contributed by atoms with Gasteiger partial charge < -0.3 is 16.0 Å². The van der Waals surface area contributed by atoms with E-state index in [0.717, 1.165) is 16.5 Å². The number of rotatable bonds is 4. The van der Waals surface area contributed by atoms with E-state index in [9.17, 15) is 4.79 Å². The van der Waals surface area contributed by atoms with Crippen LogP contribution in [0.4, 0.5) is 5.69 Å². The number of thiocarbonyl (C=S) groups is 1. The van der Waals surface area contributed by atoms with Crippen molar-refractivity contribution in [3.63, 3.8) is 0 Å². The van der Waals surface area contributed by atoms with Crippen LogP contribution in [-0.4, -0.2) is 26.0 Å². The monoisotopic (exact) mass is 466 g/mol. The number of fused-ring (bicyclic) bond motifs is 1. The number of hydrogen-bond acceptors (Lipinski definition) is 3. The Morgan fingerprint density at radius 3 is 2.52 bits per heavy atom. The fraction of sp³-hybridized carbons (Fsp3) is 0.150. The van der Waals surface area contributed by atoms with Crippen LogP contribution in [0.15, 0.2) is 60.8 Å². The van der Waals surface area contributed by atoms with Crippen molar-refractivity contribution < 1.29 is 4.79 Å². The maximum Gasteiger partial charge on any atom is 0.252 e. The molecule has 0 unspecified atom stereocenters. The zero-order valence-electron chi connectivity index (χ0n) is 15.2. The number of aryl methyl sites for hydroxylation is 1. The molecule has 0 aliphatic carbocycles. The smallest absolute Gasteiger partial charge is 0.252 e. The van der Waals surface area contributed by atoms with E-state index in [2.05, 4.69) is 20.9 Å². The highest BCUT2D eigenvalue weighted by Crippen LogP contribution is 2.29. The lowest BCUT2D eigenvalue weighted by molar-refractivity contribution is 0.0934. The van der Waals surface area contributed by atoms with Gasteiger partial charge in [0.25, 0.3) is 5.91 Å². The number of anilines is 1. The van der Waals surface area contributed by atoms with E-state index in [1.165, 1.54) is 0 Å². The van der Waals surface area contributed by atoms with Gasteiger partial charge in [0.05, 0.1) is 11.2 Å². The minimum Gasteiger partial charge on any atom is -0.339 e. The summed E-state index contributed by atoms with van der Waals surface area (Å²) in [5, 5.41) is 9.68. The van der Waals surface area contributed by atoms with Gasteiger partial charge in [0.1, 0.15) is 6.17 Å². The summed E-state index contributed by atoms with van der Waals surface area (Å²) in [4.78, 5) is 16.9. The summed E-state index contributed by atoms with van der Waals surface area (Å²) >= 11 is 23.5. The molecule has 1 amide bonds. The Labute approximate surface area is 188 Å². The molecule has 5 nitrogen and oxygen atoms in total. The summed E-state index contributed by atoms with van der Waals surface area (Å²) in [6.45, 7) is 1.89. The molecule has 29 heavy (non-hydrogen) atoms. The van der Waals surface area contributed by atoms with E-state index in [4.69, 9.17) is 47.0 Å². The quantitative estimate of drug-likeness (QED) is 0.288. The fourth-order valence-corrected chi connectivity index (χ4v) is 3.25. The van der Waals surface area contributed by atoms with Crippen molar-refractivity contribution in [3.8, 4) is 0 Å². The average molecular weight is 468 g/mol. The first-order chi connectivity index (χ1) is 13.7. The number of alkyl halides is 3. The number of halogens is 3. The zero-order valence-corrected chi connectivity index (χ0v) is 18.3. The Morgan fingerprint density at radius 2 is 1.79 bits per heavy atom. The average Bonchev–Trinajstić information content (AvgIpc) is 2.67. The van der Waals surface area contributed by atoms with Crippen molar-refractivity contribution in [1.29, 1.82) is 0 Å². The summed E-state index contributed by atoms with van der Waals surface area (Å²) < 4.78 is -1.85. The van der Waals surface area contributed by atoms with Crippen LogP contribution < -0.4 is 16.0 Å². The molecule has 0 saturated heterocycles. The normalized spacial score (nSPS) is 12.3. The molecule has 0 bridgehead atoms. The van der Waals surface area contributed by atoms with Crippen molar-refractivity contribution in [2.75, 3.05) is 5.32 Å². The highest BCUT2D eigenvalue weighted by Gasteiger charge is 2.35. The summed E-state index contributed by atoms with van der Waals surface area (Å²) in [6.07, 6.45) is 0.624. The number of nitrogens with one attached hydrogen (secondary N) is 3. The molecule has 9 heteroatoms. The van der Waals surface area contributed by atoms with Gasteiger partial charge in [-0.05, 0) is 43.4 Å². The van der Waals surface area contributed by atoms with Crippen LogP contribution in [0.2, 0.25) is 0 Å². The van der Waals surface area contributed by atoms with E-state index in [1.807, 2.05) is 43.3 Å². The number of amides is 1. The molecule has 0 radical (unpaired) electrons. The second-order valence-corrected chi connectivity index (χ2v) is 9.07. The lowest BCUT2D eigenvalue weighted by atomic mass is 10.1. The van der Waals surface area contributed by atoms with Crippen molar-refractivity contribution in [2.45, 2.75) is 16.9 Å². The number of nitrogens with zero attached hydrogens (tertiary/aromatic N) is 1. The third-order valence-corrected chi connectivity index (χ3v) is 4.91. The van der Waals surface area contributed by atoms with Crippen LogP contribution in [0.1, 0.15) is 15.9 Å². The molecule has 0 fully saturated rings. The van der Waals surface area contributed by atoms with Gasteiger partial charge in [0.2, 0.25) is 3.79 Å². The van der Waals surface area contributed by atoms with Gasteiger partial charge in [-0.15, -0.1) is 0 Å². The maximum absolute atomic E-state index is 12.6. The molecule has 0 saturated carbocycles. The summed E-state index contributed by atoms with van der Waals surface area (Å²) in [6, 6.07) is 16.5. The largest absolute Gasteiger partial charge is 0.339 e. The van der Waals surface area contributed by atoms with Crippen molar-refractivity contribution in [2.24, 2.45) is 0 Å². The number of carbonyl (C=O) groups excluding carboxylic acids is 1. The first-order valence-corrected chi connectivity index (χ1v) is 10.1. The molecule has 0 aliphatic heterocycles. The predicted octanol–water partition coefficient (Wildman–Crippen LogP) is 4.96. The molecule has 150 valence electrons. The lowest BCUT2D eigenvalue weighted by Gasteiger charge is -2.28. The van der Waals surface area contributed by atoms with E-state index in [0.29, 0.717) is 11.3 Å². The first kappa shape index (κ1) is 21.6. The van der Waals surface area contributed by atoms with Gasteiger partial charge in [0.15, 0.2) is 5.11 Å². The Balaban J connectivity index is 1.74. The van der Waals surface area contributed by atoms with Crippen molar-refractivity contribution in [1.82, 2.24) is 15.6 Å². The minimum atomic E-state index is -1.85. The standard InChI is InChI=1S/C20H17Cl3N4OS/c1-12-5-2-7-14(11-12)17(28)26-18(20(21,22)23)27-19(29)25-15-9-3-6-13-8-4-10-24-16(13)15/h2-11,18H,1H3,(H,26,28)(H2,25,27,29)/t18-/m0/s1. The predicted molar refractivity (Wildman–Crippen MR) is 124 cm³/mol. The van der Waals surface area contributed by atoms with Gasteiger partial charge in [0, 0.05) is 17.1 Å². The first-order valence-electron chi connectivity index (χ1n) is 8.59. The number of hydrogen-bond donors (Lipinski definition) is 3. The maximum atomic E-state index is 12.6. The molecule has 1 heterocycles. The number of carbonyl (C=O) groups is 1. The van der Waals surface area contributed by atoms with E-state index >= 15 is 0 Å². The topological polar surface area (TPSA) is 66.1 Å². The van der Waals surface area contributed by atoms with Crippen LogP contribution >= 0.6 is 47.0 Å². The minimum absolute atomic E-state index is 0.170. The molecule has 1 atom stereocenters. The van der Waals surface area contributed by atoms with E-state index < -0.39 is 15.9 Å². The molecule has 0 aliphatic rings. The molecule has 3 N–H and O–H groups in total. The van der Waals surface area contributed by atoms with Gasteiger partial charge in [-0.2, -0.15) is 0 Å². The summed E-state index contributed by atoms with van der Waals surface area (Å²) in [5.41, 5.74) is 2.82. The zero-order chi connectivity index (χ0) is 21.0. The highest BCUT2D eigenvalue weighted by molar-refractivity contribution is 7.80. The molecule has 0 spiro atoms. The Morgan fingerprint density at radius 1 is 1.07 bits per heavy atom. The fourth-order valence-electron chi connectivity index (χ4n) is 2.70. The van der Waals surface area contributed by atoms with Gasteiger partial charge in [-0.1, -0.05) is 70.7 Å². The van der Waals surface area contributed by atoms with E-state index in [1.54, 1.807) is 24.4 Å². The Bertz CT molecular complexity index is 1050. The van der Waals surface area contributed by atoms with Crippen LogP contribution in [0.3, 0.4) is 0 Å². The van der Waals surface area contributed by atoms with E-state index in [-0.39, 0.29) is 5.11 Å². The molecule has 1 aromatic heterocycles. The number of benzene rings is 2. The number of para-hydroxylation sites is 1. The molecular formula is C20H17Cl3N4OS. The second kappa shape index (κ2) is 9.13. The lowest BCUT2D eigenvalue weighted by Crippen LogP contribution is -2.56. The van der Waals surface area contributed by atoms with Gasteiger partial charge >= 0.3 is 0 Å². The van der Waals surface area contributed by atoms with Crippen LogP contribution in [-0.2, 0) is 0 Å². The van der Waals surface area contributed by atoms with Crippen molar-refractivity contribution >= 4 is 74.6 Å². The third kappa shape index (κ3) is 5.70. The second-order valence-electron chi connectivity index (χ2n) is 6.30. The molecule has 3 aromatic rings. The van der Waals surface area contributed by atoms with Gasteiger partial charge in [-0.25, -0.2) is 0 Å². The molecule has 2 aromatic carbocycles. The number of aromatic nitrogens is 1. The van der Waals surface area contributed by atoms with Crippen LogP contribution in [0.25, 0.3) is 10.9 Å². The van der Waals surface area contributed by atoms with Crippen LogP contribution in [0.5, 0.6) is 0 Å². The molecule has 3 rings (SSSR count). The van der Waals surface area contributed by atoms with Gasteiger partial charge in [-0.3, -0.25) is 9.78 Å². The Hall–Kier alpha value is -2.12. The summed E-state index contributed by atoms with van der Waals surface area (Å²) in [7, 11) is 0. The highest BCUT2D eigenvalue weighted by atomic mass is 35.6. The summed E-state index contributed by atoms with van der Waals surface area (Å²) in [5.74, 6) is -0.396. The number of pyridine rings is 1. The van der Waals surface area contributed by atoms with Crippen LogP contribution in [0, 0.1) is 6.92 Å². The SMILES string of the molecule is Cc1cccc(C(=O)N[C@@H](NC(=S)Nc2cccc3cccnc23)C(Cl)(Cl)Cl)c1. The third-order valence-electron chi connectivity index (χ3n) is 4.04. The van der Waals surface area contributed by atoms with Crippen molar-refractivity contribution in [3.05, 3.63) is 71.9 Å². The Kier molecular flexibility index (Phi) is 6.80. The molecular weight excluding hydrogens is 451 g/mol.